The van der Waals surface area contributed by atoms with E-state index in [1.807, 2.05) is 13.8 Å². The molecule has 1 heterocycles. The number of fused-ring (bicyclic) bond motifs is 2. The molecule has 0 saturated heterocycles. The summed E-state index contributed by atoms with van der Waals surface area (Å²) in [6, 6.07) is 0.369. The van der Waals surface area contributed by atoms with Crippen LogP contribution < -0.4 is 0 Å². The van der Waals surface area contributed by atoms with E-state index < -0.39 is 0 Å². The van der Waals surface area contributed by atoms with Crippen molar-refractivity contribution in [1.82, 2.24) is 15.0 Å². The van der Waals surface area contributed by atoms with Crippen molar-refractivity contribution in [3.8, 4) is 0 Å². The van der Waals surface area contributed by atoms with E-state index in [9.17, 15) is 4.79 Å². The van der Waals surface area contributed by atoms with Crippen LogP contribution in [0.25, 0.3) is 0 Å². The Morgan fingerprint density at radius 3 is 2.55 bits per heavy atom. The van der Waals surface area contributed by atoms with Crippen LogP contribution in [0.5, 0.6) is 0 Å². The summed E-state index contributed by atoms with van der Waals surface area (Å²) in [7, 11) is 0. The molecule has 22 heavy (non-hydrogen) atoms. The first-order valence-electron chi connectivity index (χ1n) is 8.58. The molecule has 3 rings (SSSR count). The summed E-state index contributed by atoms with van der Waals surface area (Å²) in [6.07, 6.45) is 4.38. The number of rotatable bonds is 4. The quantitative estimate of drug-likeness (QED) is 0.803. The summed E-state index contributed by atoms with van der Waals surface area (Å²) in [4.78, 5) is 11.6. The topological polar surface area (TPSA) is 57.0 Å². The van der Waals surface area contributed by atoms with Crippen LogP contribution in [0.4, 0.5) is 0 Å². The molecule has 0 amide bonds. The smallest absolute Gasteiger partial charge is 0.308 e. The average Bonchev–Trinajstić information content (AvgIpc) is 2.93. The zero-order valence-electron chi connectivity index (χ0n) is 14.1. The number of hydrogen-bond donors (Lipinski definition) is 0. The zero-order chi connectivity index (χ0) is 15.9. The number of aryl methyl sites for hydroxylation is 1. The largest absolute Gasteiger partial charge is 0.465 e. The Kier molecular flexibility index (Phi) is 4.24. The minimum Gasteiger partial charge on any atom is -0.465 e. The van der Waals surface area contributed by atoms with E-state index in [-0.39, 0.29) is 11.9 Å². The van der Waals surface area contributed by atoms with Crippen LogP contribution in [0, 0.1) is 23.7 Å². The molecule has 1 aromatic rings. The summed E-state index contributed by atoms with van der Waals surface area (Å²) in [5.74, 6) is 1.88. The molecule has 0 unspecified atom stereocenters. The van der Waals surface area contributed by atoms with E-state index in [1.165, 1.54) is 17.8 Å². The van der Waals surface area contributed by atoms with Crippen LogP contribution in [-0.2, 0) is 22.4 Å². The third kappa shape index (κ3) is 2.90. The van der Waals surface area contributed by atoms with Gasteiger partial charge in [0, 0.05) is 6.04 Å². The minimum absolute atomic E-state index is 0.0307. The number of esters is 1. The van der Waals surface area contributed by atoms with Gasteiger partial charge in [-0.15, -0.1) is 5.10 Å². The number of aromatic nitrogens is 3. The molecule has 0 spiro atoms. The zero-order valence-corrected chi connectivity index (χ0v) is 14.1. The van der Waals surface area contributed by atoms with Crippen molar-refractivity contribution >= 4 is 5.97 Å². The van der Waals surface area contributed by atoms with Gasteiger partial charge in [-0.1, -0.05) is 19.1 Å². The highest BCUT2D eigenvalue weighted by Crippen LogP contribution is 2.53. The van der Waals surface area contributed by atoms with Crippen LogP contribution in [0.3, 0.4) is 0 Å². The van der Waals surface area contributed by atoms with Gasteiger partial charge in [-0.05, 0) is 57.3 Å². The Hall–Kier alpha value is -1.39. The second-order valence-electron chi connectivity index (χ2n) is 7.37. The number of ether oxygens (including phenoxy) is 1. The SMILES string of the molecule is CC(C)C(=O)OC[C@@H]1[C@@H]2CCc3c(nnn3C(C)C)CC[C@@H]21. The van der Waals surface area contributed by atoms with E-state index in [0.717, 1.165) is 19.3 Å². The predicted molar refractivity (Wildman–Crippen MR) is 83.3 cm³/mol. The lowest BCUT2D eigenvalue weighted by Gasteiger charge is -2.12. The lowest BCUT2D eigenvalue weighted by molar-refractivity contribution is -0.148. The van der Waals surface area contributed by atoms with Gasteiger partial charge in [0.2, 0.25) is 0 Å². The third-order valence-corrected chi connectivity index (χ3v) is 5.19. The molecule has 1 aromatic heterocycles. The number of hydrogen-bond acceptors (Lipinski definition) is 4. The molecular formula is C17H27N3O2. The van der Waals surface area contributed by atoms with Crippen molar-refractivity contribution in [2.24, 2.45) is 23.7 Å². The molecule has 5 nitrogen and oxygen atoms in total. The minimum atomic E-state index is -0.0697. The van der Waals surface area contributed by atoms with Gasteiger partial charge in [0.05, 0.1) is 23.9 Å². The van der Waals surface area contributed by atoms with Gasteiger partial charge >= 0.3 is 5.97 Å². The maximum Gasteiger partial charge on any atom is 0.308 e. The fraction of sp³-hybridized carbons (Fsp3) is 0.824. The van der Waals surface area contributed by atoms with Gasteiger partial charge < -0.3 is 4.74 Å². The molecule has 1 saturated carbocycles. The fourth-order valence-corrected chi connectivity index (χ4v) is 3.79. The first-order chi connectivity index (χ1) is 10.5. The van der Waals surface area contributed by atoms with Crippen LogP contribution in [0.15, 0.2) is 0 Å². The molecule has 0 bridgehead atoms. The molecule has 0 radical (unpaired) electrons. The summed E-state index contributed by atoms with van der Waals surface area (Å²) >= 11 is 0. The maximum absolute atomic E-state index is 11.6. The monoisotopic (exact) mass is 305 g/mol. The van der Waals surface area contributed by atoms with Crippen LogP contribution in [-0.4, -0.2) is 27.6 Å². The molecule has 2 aliphatic carbocycles. The van der Waals surface area contributed by atoms with Crippen molar-refractivity contribution in [2.75, 3.05) is 6.61 Å². The molecule has 0 N–H and O–H groups in total. The van der Waals surface area contributed by atoms with E-state index in [1.54, 1.807) is 0 Å². The maximum atomic E-state index is 11.6. The Labute approximate surface area is 132 Å². The average molecular weight is 305 g/mol. The summed E-state index contributed by atoms with van der Waals surface area (Å²) in [5, 5.41) is 8.70. The molecule has 5 heteroatoms. The Balaban J connectivity index is 1.60. The predicted octanol–water partition coefficient (Wildman–Crippen LogP) is 2.80. The van der Waals surface area contributed by atoms with E-state index >= 15 is 0 Å². The Bertz CT molecular complexity index is 550. The molecule has 1 fully saturated rings. The van der Waals surface area contributed by atoms with Gasteiger partial charge in [0.1, 0.15) is 0 Å². The highest BCUT2D eigenvalue weighted by Gasteiger charge is 2.50. The normalized spacial score (nSPS) is 27.1. The molecule has 0 aromatic carbocycles. The van der Waals surface area contributed by atoms with E-state index in [2.05, 4.69) is 28.8 Å². The number of nitrogens with zero attached hydrogens (tertiary/aromatic N) is 3. The van der Waals surface area contributed by atoms with Gasteiger partial charge in [-0.25, -0.2) is 4.68 Å². The van der Waals surface area contributed by atoms with Gasteiger partial charge in [0.25, 0.3) is 0 Å². The number of carbonyl (C=O) groups is 1. The van der Waals surface area contributed by atoms with Crippen molar-refractivity contribution < 1.29 is 9.53 Å². The molecule has 3 atom stereocenters. The molecule has 0 aliphatic heterocycles. The third-order valence-electron chi connectivity index (χ3n) is 5.19. The lowest BCUT2D eigenvalue weighted by atomic mass is 10.0. The van der Waals surface area contributed by atoms with Crippen molar-refractivity contribution in [1.29, 1.82) is 0 Å². The lowest BCUT2D eigenvalue weighted by Crippen LogP contribution is -2.14. The molecule has 2 aliphatic rings. The van der Waals surface area contributed by atoms with Crippen LogP contribution in [0.2, 0.25) is 0 Å². The van der Waals surface area contributed by atoms with Gasteiger partial charge in [0.15, 0.2) is 0 Å². The standard InChI is InChI=1S/C17H27N3O2/c1-10(2)17(21)22-9-14-12-5-7-15-16(8-6-13(12)14)20(11(3)4)19-18-15/h10-14H,5-9H2,1-4H3/t12-,13+,14-/m0/s1. The van der Waals surface area contributed by atoms with Crippen molar-refractivity contribution in [3.63, 3.8) is 0 Å². The first-order valence-corrected chi connectivity index (χ1v) is 8.58. The second-order valence-corrected chi connectivity index (χ2v) is 7.37. The highest BCUT2D eigenvalue weighted by molar-refractivity contribution is 5.71. The Morgan fingerprint density at radius 2 is 1.91 bits per heavy atom. The van der Waals surface area contributed by atoms with E-state index in [4.69, 9.17) is 4.74 Å². The van der Waals surface area contributed by atoms with Crippen LogP contribution >= 0.6 is 0 Å². The van der Waals surface area contributed by atoms with Crippen LogP contribution in [0.1, 0.15) is 58.0 Å². The first kappa shape index (κ1) is 15.5. The van der Waals surface area contributed by atoms with E-state index in [0.29, 0.717) is 30.4 Å². The molecule has 122 valence electrons. The van der Waals surface area contributed by atoms with Gasteiger partial charge in [-0.2, -0.15) is 0 Å². The summed E-state index contributed by atoms with van der Waals surface area (Å²) in [5.41, 5.74) is 2.50. The number of carbonyl (C=O) groups excluding carboxylic acids is 1. The fourth-order valence-electron chi connectivity index (χ4n) is 3.79. The second kappa shape index (κ2) is 6.01. The van der Waals surface area contributed by atoms with Crippen molar-refractivity contribution in [3.05, 3.63) is 11.4 Å². The van der Waals surface area contributed by atoms with Crippen molar-refractivity contribution in [2.45, 2.75) is 59.4 Å². The summed E-state index contributed by atoms with van der Waals surface area (Å²) in [6.45, 7) is 8.69. The Morgan fingerprint density at radius 1 is 1.23 bits per heavy atom. The summed E-state index contributed by atoms with van der Waals surface area (Å²) < 4.78 is 7.52. The molecular weight excluding hydrogens is 278 g/mol. The highest BCUT2D eigenvalue weighted by atomic mass is 16.5. The van der Waals surface area contributed by atoms with Gasteiger partial charge in [-0.3, -0.25) is 4.79 Å².